The fraction of sp³-hybridized carbons (Fsp3) is 0.423. The molecule has 0 aliphatic carbocycles. The van der Waals surface area contributed by atoms with Crippen LogP contribution in [-0.2, 0) is 20.7 Å². The molecule has 1 aliphatic heterocycles. The van der Waals surface area contributed by atoms with Crippen molar-refractivity contribution < 1.29 is 19.1 Å². The smallest absolute Gasteiger partial charge is 0.411 e. The van der Waals surface area contributed by atoms with Gasteiger partial charge in [-0.15, -0.1) is 0 Å². The summed E-state index contributed by atoms with van der Waals surface area (Å²) >= 11 is 6.49. The van der Waals surface area contributed by atoms with Crippen molar-refractivity contribution in [3.8, 4) is 0 Å². The number of hydrogen-bond donors (Lipinski definition) is 3. The first-order valence-corrected chi connectivity index (χ1v) is 12.2. The molecule has 0 saturated carbocycles. The summed E-state index contributed by atoms with van der Waals surface area (Å²) in [5.74, 6) is -0.134. The number of halogens is 1. The van der Waals surface area contributed by atoms with Crippen LogP contribution in [0.25, 0.3) is 0 Å². The maximum Gasteiger partial charge on any atom is 0.411 e. The van der Waals surface area contributed by atoms with Crippen molar-refractivity contribution in [1.82, 2.24) is 10.2 Å². The van der Waals surface area contributed by atoms with E-state index in [1.165, 1.54) is 5.56 Å². The van der Waals surface area contributed by atoms with Crippen LogP contribution in [0.1, 0.15) is 43.9 Å². The number of hydrogen-bond acceptors (Lipinski definition) is 5. The van der Waals surface area contributed by atoms with Gasteiger partial charge in [0, 0.05) is 29.2 Å². The highest BCUT2D eigenvalue weighted by atomic mass is 35.5. The molecule has 3 amide bonds. The van der Waals surface area contributed by atoms with Crippen molar-refractivity contribution in [2.75, 3.05) is 25.0 Å². The fourth-order valence-corrected chi connectivity index (χ4v) is 4.78. The number of amides is 3. The number of piperidine rings is 1. The summed E-state index contributed by atoms with van der Waals surface area (Å²) in [7, 11) is 0. The largest absolute Gasteiger partial charge is 0.449 e. The number of nitrogens with zero attached hydrogens (tertiary/aromatic N) is 1. The number of likely N-dealkylation sites (tertiary alicyclic amines) is 1. The SMILES string of the molecule is CCc1ccc(NC(=O)OCC2(C(NC=O)c3ccccc3Cl)CCN(C(=O)[C@@H](C)N)CC2)cc1. The standard InChI is InChI=1S/C26H33ClN4O4/c1-3-19-8-10-20(11-9-19)30-25(34)35-16-26(12-14-31(15-13-26)24(33)18(2)28)23(29-17-32)21-6-4-5-7-22(21)27/h4-11,17-18,23H,3,12-16,28H2,1-2H3,(H,29,32)(H,30,34)/t18-,23?/m1/s1. The molecule has 0 spiro atoms. The van der Waals surface area contributed by atoms with E-state index in [1.807, 2.05) is 42.5 Å². The van der Waals surface area contributed by atoms with E-state index in [1.54, 1.807) is 17.9 Å². The third-order valence-corrected chi connectivity index (χ3v) is 6.97. The molecule has 4 N–H and O–H groups in total. The molecule has 1 saturated heterocycles. The predicted octanol–water partition coefficient (Wildman–Crippen LogP) is 3.89. The molecule has 2 aromatic carbocycles. The van der Waals surface area contributed by atoms with Crippen molar-refractivity contribution in [3.05, 3.63) is 64.7 Å². The molecule has 9 heteroatoms. The van der Waals surface area contributed by atoms with Crippen LogP contribution in [0.4, 0.5) is 10.5 Å². The quantitative estimate of drug-likeness (QED) is 0.452. The molecule has 2 aromatic rings. The second-order valence-corrected chi connectivity index (χ2v) is 9.37. The van der Waals surface area contributed by atoms with Gasteiger partial charge in [-0.1, -0.05) is 48.9 Å². The number of nitrogens with two attached hydrogens (primary N) is 1. The molecule has 1 aliphatic rings. The van der Waals surface area contributed by atoms with E-state index < -0.39 is 23.6 Å². The summed E-state index contributed by atoms with van der Waals surface area (Å²) in [6, 6.07) is 13.7. The summed E-state index contributed by atoms with van der Waals surface area (Å²) in [6.45, 7) is 4.59. The Bertz CT molecular complexity index is 1020. The molecule has 2 atom stereocenters. The second kappa shape index (κ2) is 12.0. The summed E-state index contributed by atoms with van der Waals surface area (Å²) in [4.78, 5) is 38.5. The number of rotatable bonds is 9. The van der Waals surface area contributed by atoms with E-state index in [4.69, 9.17) is 22.1 Å². The summed E-state index contributed by atoms with van der Waals surface area (Å²) < 4.78 is 5.70. The molecule has 0 radical (unpaired) electrons. The van der Waals surface area contributed by atoms with Gasteiger partial charge in [-0.2, -0.15) is 0 Å². The van der Waals surface area contributed by atoms with Crippen molar-refractivity contribution in [3.63, 3.8) is 0 Å². The Kier molecular flexibility index (Phi) is 9.12. The van der Waals surface area contributed by atoms with Gasteiger partial charge in [0.15, 0.2) is 0 Å². The molecule has 1 unspecified atom stereocenters. The van der Waals surface area contributed by atoms with Crippen LogP contribution in [-0.4, -0.2) is 49.0 Å². The minimum Gasteiger partial charge on any atom is -0.449 e. The van der Waals surface area contributed by atoms with Crippen molar-refractivity contribution in [2.24, 2.45) is 11.1 Å². The Morgan fingerprint density at radius 2 is 1.83 bits per heavy atom. The van der Waals surface area contributed by atoms with Gasteiger partial charge < -0.3 is 20.7 Å². The van der Waals surface area contributed by atoms with Gasteiger partial charge in [-0.3, -0.25) is 14.9 Å². The van der Waals surface area contributed by atoms with Crippen LogP contribution in [0, 0.1) is 5.41 Å². The molecule has 8 nitrogen and oxygen atoms in total. The molecule has 3 rings (SSSR count). The van der Waals surface area contributed by atoms with Gasteiger partial charge in [0.2, 0.25) is 12.3 Å². The van der Waals surface area contributed by atoms with Crippen LogP contribution in [0.5, 0.6) is 0 Å². The molecule has 188 valence electrons. The summed E-state index contributed by atoms with van der Waals surface area (Å²) in [6.07, 6.45) is 1.92. The van der Waals surface area contributed by atoms with E-state index in [9.17, 15) is 14.4 Å². The highest BCUT2D eigenvalue weighted by Crippen LogP contribution is 2.45. The van der Waals surface area contributed by atoms with Crippen molar-refractivity contribution in [2.45, 2.75) is 45.2 Å². The van der Waals surface area contributed by atoms with E-state index in [-0.39, 0.29) is 12.5 Å². The van der Waals surface area contributed by atoms with Gasteiger partial charge in [-0.05, 0) is 55.5 Å². The van der Waals surface area contributed by atoms with Crippen LogP contribution in [0.15, 0.2) is 48.5 Å². The lowest BCUT2D eigenvalue weighted by Gasteiger charge is -2.46. The molecular formula is C26H33ClN4O4. The van der Waals surface area contributed by atoms with Crippen LogP contribution < -0.4 is 16.4 Å². The summed E-state index contributed by atoms with van der Waals surface area (Å²) in [5.41, 5.74) is 7.65. The van der Waals surface area contributed by atoms with E-state index >= 15 is 0 Å². The number of benzene rings is 2. The third-order valence-electron chi connectivity index (χ3n) is 6.62. The minimum absolute atomic E-state index is 0.0306. The number of carbonyl (C=O) groups excluding carboxylic acids is 3. The Hall–Kier alpha value is -3.10. The zero-order valence-electron chi connectivity index (χ0n) is 20.1. The predicted molar refractivity (Wildman–Crippen MR) is 136 cm³/mol. The normalized spacial score (nSPS) is 16.6. The van der Waals surface area contributed by atoms with E-state index in [2.05, 4.69) is 17.6 Å². The average Bonchev–Trinajstić information content (AvgIpc) is 2.87. The average molecular weight is 501 g/mol. The van der Waals surface area contributed by atoms with Gasteiger partial charge >= 0.3 is 6.09 Å². The molecule has 1 heterocycles. The Morgan fingerprint density at radius 1 is 1.17 bits per heavy atom. The van der Waals surface area contributed by atoms with Gasteiger partial charge in [0.25, 0.3) is 0 Å². The van der Waals surface area contributed by atoms with Crippen molar-refractivity contribution >= 4 is 35.7 Å². The number of ether oxygens (including phenoxy) is 1. The van der Waals surface area contributed by atoms with E-state index in [0.717, 1.165) is 12.0 Å². The topological polar surface area (TPSA) is 114 Å². The van der Waals surface area contributed by atoms with Crippen LogP contribution >= 0.6 is 11.6 Å². The summed E-state index contributed by atoms with van der Waals surface area (Å²) in [5, 5.41) is 6.15. The fourth-order valence-electron chi connectivity index (χ4n) is 4.54. The van der Waals surface area contributed by atoms with Crippen LogP contribution in [0.2, 0.25) is 5.02 Å². The minimum atomic E-state index is -0.677. The number of nitrogens with one attached hydrogen (secondary N) is 2. The molecule has 0 bridgehead atoms. The van der Waals surface area contributed by atoms with Crippen LogP contribution in [0.3, 0.4) is 0 Å². The van der Waals surface area contributed by atoms with Gasteiger partial charge in [-0.25, -0.2) is 4.79 Å². The monoisotopic (exact) mass is 500 g/mol. The number of aryl methyl sites for hydroxylation is 1. The van der Waals surface area contributed by atoms with Gasteiger partial charge in [0.1, 0.15) is 6.61 Å². The zero-order valence-corrected chi connectivity index (χ0v) is 20.9. The Morgan fingerprint density at radius 3 is 2.40 bits per heavy atom. The second-order valence-electron chi connectivity index (χ2n) is 8.97. The zero-order chi connectivity index (χ0) is 25.4. The maximum atomic E-state index is 12.7. The molecule has 1 fully saturated rings. The van der Waals surface area contributed by atoms with Crippen molar-refractivity contribution in [1.29, 1.82) is 0 Å². The molecule has 0 aromatic heterocycles. The first-order valence-electron chi connectivity index (χ1n) is 11.8. The highest BCUT2D eigenvalue weighted by Gasteiger charge is 2.45. The van der Waals surface area contributed by atoms with E-state index in [0.29, 0.717) is 43.1 Å². The Balaban J connectivity index is 1.82. The Labute approximate surface area is 211 Å². The lowest BCUT2D eigenvalue weighted by molar-refractivity contribution is -0.136. The highest BCUT2D eigenvalue weighted by molar-refractivity contribution is 6.31. The third kappa shape index (κ3) is 6.52. The lowest BCUT2D eigenvalue weighted by atomic mass is 9.70. The maximum absolute atomic E-state index is 12.7. The first kappa shape index (κ1) is 26.5. The number of carbonyl (C=O) groups is 3. The number of anilines is 1. The van der Waals surface area contributed by atoms with Gasteiger partial charge in [0.05, 0.1) is 12.1 Å². The molecular weight excluding hydrogens is 468 g/mol. The molecule has 35 heavy (non-hydrogen) atoms. The first-order chi connectivity index (χ1) is 16.8. The lowest BCUT2D eigenvalue weighted by Crippen LogP contribution is -2.53.